The van der Waals surface area contributed by atoms with Crippen LogP contribution in [0.4, 0.5) is 10.1 Å². The quantitative estimate of drug-likeness (QED) is 0.711. The number of hydrogen-bond donors (Lipinski definition) is 3. The zero-order valence-corrected chi connectivity index (χ0v) is 16.0. The average Bonchev–Trinajstić information content (AvgIpc) is 2.54. The molecule has 1 aromatic rings. The first-order valence-corrected chi connectivity index (χ1v) is 9.96. The molecule has 1 atom stereocenters. The van der Waals surface area contributed by atoms with Crippen molar-refractivity contribution in [2.24, 2.45) is 11.7 Å². The molecule has 4 N–H and O–H groups in total. The van der Waals surface area contributed by atoms with Gasteiger partial charge in [-0.05, 0) is 57.7 Å². The number of rotatable bonds is 5. The van der Waals surface area contributed by atoms with Gasteiger partial charge in [-0.1, -0.05) is 0 Å². The van der Waals surface area contributed by atoms with E-state index < -0.39 is 38.2 Å². The Balaban J connectivity index is 2.17. The van der Waals surface area contributed by atoms with Crippen molar-refractivity contribution in [3.8, 4) is 0 Å². The van der Waals surface area contributed by atoms with Crippen molar-refractivity contribution >= 4 is 21.6 Å². The van der Waals surface area contributed by atoms with E-state index in [0.29, 0.717) is 26.1 Å². The number of ether oxygens (including phenoxy) is 1. The van der Waals surface area contributed by atoms with Crippen LogP contribution in [-0.2, 0) is 19.6 Å². The van der Waals surface area contributed by atoms with Crippen LogP contribution in [0.3, 0.4) is 0 Å². The van der Waals surface area contributed by atoms with Gasteiger partial charge in [-0.25, -0.2) is 17.5 Å². The Kier molecular flexibility index (Phi) is 6.38. The summed E-state index contributed by atoms with van der Waals surface area (Å²) >= 11 is 0. The molecule has 1 heterocycles. The first-order valence-electron chi connectivity index (χ1n) is 8.47. The number of benzene rings is 1. The summed E-state index contributed by atoms with van der Waals surface area (Å²) in [6.07, 6.45) is 1.38. The van der Waals surface area contributed by atoms with Crippen molar-refractivity contribution in [1.29, 1.82) is 0 Å². The second kappa shape index (κ2) is 7.99. The smallest absolute Gasteiger partial charge is 0.244 e. The minimum atomic E-state index is -4.07. The number of amides is 1. The molecule has 2 rings (SSSR count). The van der Waals surface area contributed by atoms with Crippen molar-refractivity contribution in [2.75, 3.05) is 18.5 Å². The van der Waals surface area contributed by atoms with Crippen LogP contribution in [0.5, 0.6) is 0 Å². The highest BCUT2D eigenvalue weighted by Gasteiger charge is 2.28. The van der Waals surface area contributed by atoms with Crippen molar-refractivity contribution in [3.63, 3.8) is 0 Å². The molecule has 1 aliphatic heterocycles. The standard InChI is InChI=1S/C17H26FN3O4S/c1-17(2,3)21-26(23,24)14-10-12(4-5-13(14)18)20-16(22)15(19)11-6-8-25-9-7-11/h4-5,10-11,15,21H,6-9,19H2,1-3H3,(H,20,22). The molecule has 0 aromatic heterocycles. The number of carbonyl (C=O) groups is 1. The minimum Gasteiger partial charge on any atom is -0.381 e. The Hall–Kier alpha value is -1.55. The first-order chi connectivity index (χ1) is 12.0. The van der Waals surface area contributed by atoms with Crippen LogP contribution in [0.15, 0.2) is 23.1 Å². The largest absolute Gasteiger partial charge is 0.381 e. The molecule has 0 bridgehead atoms. The Bertz CT molecular complexity index is 756. The van der Waals surface area contributed by atoms with Crippen LogP contribution in [0.2, 0.25) is 0 Å². The maximum atomic E-state index is 14.1. The van der Waals surface area contributed by atoms with E-state index in [2.05, 4.69) is 10.0 Å². The van der Waals surface area contributed by atoms with Gasteiger partial charge < -0.3 is 15.8 Å². The van der Waals surface area contributed by atoms with Gasteiger partial charge in [-0.15, -0.1) is 0 Å². The number of nitrogens with two attached hydrogens (primary N) is 1. The van der Waals surface area contributed by atoms with E-state index >= 15 is 0 Å². The molecular weight excluding hydrogens is 361 g/mol. The zero-order chi connectivity index (χ0) is 19.5. The number of anilines is 1. The summed E-state index contributed by atoms with van der Waals surface area (Å²) in [7, 11) is -4.07. The van der Waals surface area contributed by atoms with Crippen molar-refractivity contribution in [3.05, 3.63) is 24.0 Å². The average molecular weight is 387 g/mol. The Morgan fingerprint density at radius 1 is 1.31 bits per heavy atom. The van der Waals surface area contributed by atoms with Gasteiger partial charge >= 0.3 is 0 Å². The SMILES string of the molecule is CC(C)(C)NS(=O)(=O)c1cc(NC(=O)C(N)C2CCOCC2)ccc1F. The molecule has 1 amide bonds. The van der Waals surface area contributed by atoms with Crippen molar-refractivity contribution in [2.45, 2.75) is 50.1 Å². The molecular formula is C17H26FN3O4S. The summed E-state index contributed by atoms with van der Waals surface area (Å²) in [6, 6.07) is 2.67. The fourth-order valence-corrected chi connectivity index (χ4v) is 4.28. The third kappa shape index (κ3) is 5.47. The number of halogens is 1. The topological polar surface area (TPSA) is 111 Å². The van der Waals surface area contributed by atoms with Crippen molar-refractivity contribution < 1.29 is 22.3 Å². The molecule has 1 aliphatic rings. The molecule has 0 radical (unpaired) electrons. The van der Waals surface area contributed by atoms with E-state index in [-0.39, 0.29) is 11.6 Å². The van der Waals surface area contributed by atoms with Crippen LogP contribution in [0.25, 0.3) is 0 Å². The highest BCUT2D eigenvalue weighted by Crippen LogP contribution is 2.23. The third-order valence-corrected chi connectivity index (χ3v) is 5.78. The van der Waals surface area contributed by atoms with Gasteiger partial charge in [0, 0.05) is 24.4 Å². The fraction of sp³-hybridized carbons (Fsp3) is 0.588. The summed E-state index contributed by atoms with van der Waals surface area (Å²) in [6.45, 7) is 6.08. The Morgan fingerprint density at radius 3 is 2.50 bits per heavy atom. The van der Waals surface area contributed by atoms with Gasteiger partial charge in [0.05, 0.1) is 6.04 Å². The molecule has 1 aromatic carbocycles. The van der Waals surface area contributed by atoms with Gasteiger partial charge in [0.1, 0.15) is 10.7 Å². The van der Waals surface area contributed by atoms with Crippen LogP contribution in [0.1, 0.15) is 33.6 Å². The van der Waals surface area contributed by atoms with Gasteiger partial charge in [-0.2, -0.15) is 0 Å². The highest BCUT2D eigenvalue weighted by molar-refractivity contribution is 7.89. The number of carbonyl (C=O) groups excluding carboxylic acids is 1. The fourth-order valence-electron chi connectivity index (χ4n) is 2.76. The first kappa shape index (κ1) is 20.8. The van der Waals surface area contributed by atoms with E-state index in [4.69, 9.17) is 10.5 Å². The predicted octanol–water partition coefficient (Wildman–Crippen LogP) is 1.59. The van der Waals surface area contributed by atoms with Crippen LogP contribution in [0, 0.1) is 11.7 Å². The third-order valence-electron chi connectivity index (χ3n) is 4.01. The molecule has 1 unspecified atom stereocenters. The number of sulfonamides is 1. The summed E-state index contributed by atoms with van der Waals surface area (Å²) in [4.78, 5) is 11.8. The normalized spacial score (nSPS) is 17.7. The van der Waals surface area contributed by atoms with E-state index in [1.807, 2.05) is 0 Å². The second-order valence-corrected chi connectivity index (χ2v) is 9.12. The second-order valence-electron chi connectivity index (χ2n) is 7.47. The van der Waals surface area contributed by atoms with E-state index in [1.54, 1.807) is 20.8 Å². The Labute approximate surface area is 153 Å². The molecule has 0 aliphatic carbocycles. The highest BCUT2D eigenvalue weighted by atomic mass is 32.2. The lowest BCUT2D eigenvalue weighted by Gasteiger charge is -2.26. The minimum absolute atomic E-state index is 0.00467. The Morgan fingerprint density at radius 2 is 1.92 bits per heavy atom. The van der Waals surface area contributed by atoms with E-state index in [1.165, 1.54) is 6.07 Å². The lowest BCUT2D eigenvalue weighted by atomic mass is 9.92. The zero-order valence-electron chi connectivity index (χ0n) is 15.2. The summed E-state index contributed by atoms with van der Waals surface area (Å²) in [5.41, 5.74) is 5.41. The lowest BCUT2D eigenvalue weighted by Crippen LogP contribution is -2.44. The van der Waals surface area contributed by atoms with Crippen LogP contribution < -0.4 is 15.8 Å². The molecule has 26 heavy (non-hydrogen) atoms. The monoisotopic (exact) mass is 387 g/mol. The summed E-state index contributed by atoms with van der Waals surface area (Å²) in [5.74, 6) is -1.33. The maximum Gasteiger partial charge on any atom is 0.244 e. The van der Waals surface area contributed by atoms with E-state index in [9.17, 15) is 17.6 Å². The molecule has 1 saturated heterocycles. The molecule has 146 valence electrons. The van der Waals surface area contributed by atoms with Gasteiger partial charge in [0.15, 0.2) is 0 Å². The van der Waals surface area contributed by atoms with E-state index in [0.717, 1.165) is 12.1 Å². The predicted molar refractivity (Wildman–Crippen MR) is 96.6 cm³/mol. The summed E-state index contributed by atoms with van der Waals surface area (Å²) in [5, 5.41) is 2.58. The molecule has 0 spiro atoms. The number of hydrogen-bond acceptors (Lipinski definition) is 5. The van der Waals surface area contributed by atoms with Crippen molar-refractivity contribution in [1.82, 2.24) is 4.72 Å². The molecule has 9 heteroatoms. The number of nitrogens with one attached hydrogen (secondary N) is 2. The maximum absolute atomic E-state index is 14.1. The molecule has 7 nitrogen and oxygen atoms in total. The summed E-state index contributed by atoms with van der Waals surface area (Å²) < 4.78 is 46.5. The molecule has 1 fully saturated rings. The lowest BCUT2D eigenvalue weighted by molar-refractivity contribution is -0.119. The van der Waals surface area contributed by atoms with Crippen LogP contribution >= 0.6 is 0 Å². The molecule has 0 saturated carbocycles. The van der Waals surface area contributed by atoms with Crippen LogP contribution in [-0.4, -0.2) is 39.1 Å². The van der Waals surface area contributed by atoms with Gasteiger partial charge in [-0.3, -0.25) is 4.79 Å². The van der Waals surface area contributed by atoms with Gasteiger partial charge in [0.25, 0.3) is 0 Å². The van der Waals surface area contributed by atoms with Gasteiger partial charge in [0.2, 0.25) is 15.9 Å².